The fourth-order valence-corrected chi connectivity index (χ4v) is 2.40. The van der Waals surface area contributed by atoms with Gasteiger partial charge in [-0.05, 0) is 12.1 Å². The molecule has 0 radical (unpaired) electrons. The Balaban J connectivity index is 2.04. The molecular formula is C14H16F5N3O. The summed E-state index contributed by atoms with van der Waals surface area (Å²) in [5, 5.41) is 5.02. The van der Waals surface area contributed by atoms with E-state index in [1.165, 1.54) is 4.90 Å². The topological polar surface area (TPSA) is 44.4 Å². The zero-order chi connectivity index (χ0) is 17.0. The molecule has 0 spiro atoms. The normalized spacial score (nSPS) is 17.8. The molecule has 23 heavy (non-hydrogen) atoms. The van der Waals surface area contributed by atoms with Crippen LogP contribution in [0.15, 0.2) is 18.2 Å². The number of amides is 1. The van der Waals surface area contributed by atoms with Crippen molar-refractivity contribution in [3.05, 3.63) is 35.4 Å². The van der Waals surface area contributed by atoms with Gasteiger partial charge in [0, 0.05) is 38.8 Å². The van der Waals surface area contributed by atoms with Crippen LogP contribution in [0.4, 0.5) is 22.0 Å². The molecule has 4 nitrogen and oxygen atoms in total. The number of benzene rings is 1. The smallest absolute Gasteiger partial charge is 0.350 e. The van der Waals surface area contributed by atoms with Crippen LogP contribution in [0.25, 0.3) is 0 Å². The summed E-state index contributed by atoms with van der Waals surface area (Å²) >= 11 is 0. The minimum absolute atomic E-state index is 0.199. The molecule has 2 rings (SSSR count). The molecule has 128 valence electrons. The molecular weight excluding hydrogens is 321 g/mol. The molecule has 9 heteroatoms. The first-order chi connectivity index (χ1) is 10.8. The first-order valence-corrected chi connectivity index (χ1v) is 7.04. The molecule has 0 aliphatic carbocycles. The third kappa shape index (κ3) is 4.61. The van der Waals surface area contributed by atoms with Crippen molar-refractivity contribution < 1.29 is 26.7 Å². The first kappa shape index (κ1) is 17.6. The minimum Gasteiger partial charge on any atom is -0.350 e. The van der Waals surface area contributed by atoms with Crippen molar-refractivity contribution in [2.75, 3.05) is 32.7 Å². The molecule has 1 saturated heterocycles. The predicted molar refractivity (Wildman–Crippen MR) is 73.0 cm³/mol. The van der Waals surface area contributed by atoms with Gasteiger partial charge >= 0.3 is 6.18 Å². The summed E-state index contributed by atoms with van der Waals surface area (Å²) in [5.74, 6) is -2.99. The Labute approximate surface area is 129 Å². The van der Waals surface area contributed by atoms with E-state index in [0.29, 0.717) is 19.2 Å². The Hall–Kier alpha value is -1.74. The summed E-state index contributed by atoms with van der Waals surface area (Å²) in [6.07, 6.45) is -4.52. The van der Waals surface area contributed by atoms with E-state index in [1.54, 1.807) is 0 Å². The van der Waals surface area contributed by atoms with Gasteiger partial charge in [0.15, 0.2) is 0 Å². The molecule has 0 saturated carbocycles. The standard InChI is InChI=1S/C14H16F5N3O/c15-9-1-2-10(11(16)7-9)13(23)21-8-12(14(17,18)19)22-5-3-20-4-6-22/h1-2,7,12,20H,3-6,8H2,(H,21,23). The number of nitrogens with zero attached hydrogens (tertiary/aromatic N) is 1. The lowest BCUT2D eigenvalue weighted by molar-refractivity contribution is -0.183. The quantitative estimate of drug-likeness (QED) is 0.819. The van der Waals surface area contributed by atoms with Gasteiger partial charge in [-0.25, -0.2) is 8.78 Å². The molecule has 1 aliphatic heterocycles. The number of nitrogens with one attached hydrogen (secondary N) is 2. The van der Waals surface area contributed by atoms with E-state index in [2.05, 4.69) is 10.6 Å². The lowest BCUT2D eigenvalue weighted by atomic mass is 10.1. The van der Waals surface area contributed by atoms with Crippen molar-refractivity contribution in [1.29, 1.82) is 0 Å². The number of carbonyl (C=O) groups excluding carboxylic acids is 1. The number of halogens is 5. The van der Waals surface area contributed by atoms with Gasteiger partial charge in [-0.15, -0.1) is 0 Å². The fraction of sp³-hybridized carbons (Fsp3) is 0.500. The number of piperazine rings is 1. The van der Waals surface area contributed by atoms with Crippen LogP contribution in [0, 0.1) is 11.6 Å². The second kappa shape index (κ2) is 7.22. The Morgan fingerprint density at radius 2 is 1.91 bits per heavy atom. The molecule has 1 unspecified atom stereocenters. The lowest BCUT2D eigenvalue weighted by Gasteiger charge is -2.35. The highest BCUT2D eigenvalue weighted by atomic mass is 19.4. The fourth-order valence-electron chi connectivity index (χ4n) is 2.40. The van der Waals surface area contributed by atoms with Crippen LogP contribution < -0.4 is 10.6 Å². The maximum Gasteiger partial charge on any atom is 0.405 e. The van der Waals surface area contributed by atoms with Crippen molar-refractivity contribution in [1.82, 2.24) is 15.5 Å². The SMILES string of the molecule is O=C(NCC(N1CCNCC1)C(F)(F)F)c1ccc(F)cc1F. The van der Waals surface area contributed by atoms with E-state index in [9.17, 15) is 26.7 Å². The third-order valence-electron chi connectivity index (χ3n) is 3.60. The van der Waals surface area contributed by atoms with Gasteiger partial charge < -0.3 is 10.6 Å². The van der Waals surface area contributed by atoms with E-state index in [-0.39, 0.29) is 13.1 Å². The van der Waals surface area contributed by atoms with Crippen LogP contribution in [0.1, 0.15) is 10.4 Å². The van der Waals surface area contributed by atoms with Crippen LogP contribution in [0.3, 0.4) is 0 Å². The van der Waals surface area contributed by atoms with Crippen molar-refractivity contribution in [3.8, 4) is 0 Å². The van der Waals surface area contributed by atoms with Gasteiger partial charge in [0.2, 0.25) is 0 Å². The Morgan fingerprint density at radius 3 is 2.48 bits per heavy atom. The number of carbonyl (C=O) groups is 1. The number of hydrogen-bond donors (Lipinski definition) is 2. The summed E-state index contributed by atoms with van der Waals surface area (Å²) in [6, 6.07) is 0.423. The number of rotatable bonds is 4. The summed E-state index contributed by atoms with van der Waals surface area (Å²) in [5.41, 5.74) is -0.493. The third-order valence-corrected chi connectivity index (χ3v) is 3.60. The Morgan fingerprint density at radius 1 is 1.26 bits per heavy atom. The first-order valence-electron chi connectivity index (χ1n) is 7.04. The van der Waals surface area contributed by atoms with Crippen LogP contribution in [-0.4, -0.2) is 55.7 Å². The Bertz CT molecular complexity index is 558. The van der Waals surface area contributed by atoms with Gasteiger partial charge in [0.25, 0.3) is 5.91 Å². The molecule has 1 amide bonds. The molecule has 1 aromatic carbocycles. The van der Waals surface area contributed by atoms with Gasteiger partial charge in [-0.2, -0.15) is 13.2 Å². The second-order valence-electron chi connectivity index (χ2n) is 5.18. The molecule has 1 aromatic rings. The van der Waals surface area contributed by atoms with Crippen LogP contribution in [0.2, 0.25) is 0 Å². The summed E-state index contributed by atoms with van der Waals surface area (Å²) in [4.78, 5) is 13.0. The van der Waals surface area contributed by atoms with E-state index < -0.39 is 41.9 Å². The average molecular weight is 337 g/mol. The van der Waals surface area contributed by atoms with Crippen LogP contribution in [0.5, 0.6) is 0 Å². The maximum absolute atomic E-state index is 13.5. The maximum atomic E-state index is 13.5. The molecule has 1 atom stereocenters. The highest BCUT2D eigenvalue weighted by Gasteiger charge is 2.43. The second-order valence-corrected chi connectivity index (χ2v) is 5.18. The molecule has 0 aromatic heterocycles. The van der Waals surface area contributed by atoms with Gasteiger partial charge in [0.1, 0.15) is 17.7 Å². The van der Waals surface area contributed by atoms with Gasteiger partial charge in [0.05, 0.1) is 5.56 Å². The largest absolute Gasteiger partial charge is 0.405 e. The minimum atomic E-state index is -4.52. The molecule has 1 fully saturated rings. The highest BCUT2D eigenvalue weighted by molar-refractivity contribution is 5.94. The molecule has 1 heterocycles. The van der Waals surface area contributed by atoms with Crippen molar-refractivity contribution in [3.63, 3.8) is 0 Å². The van der Waals surface area contributed by atoms with Gasteiger partial charge in [-0.1, -0.05) is 0 Å². The zero-order valence-corrected chi connectivity index (χ0v) is 12.1. The summed E-state index contributed by atoms with van der Waals surface area (Å²) in [6.45, 7) is 0.551. The predicted octanol–water partition coefficient (Wildman–Crippen LogP) is 1.53. The van der Waals surface area contributed by atoms with E-state index in [0.717, 1.165) is 12.1 Å². The van der Waals surface area contributed by atoms with E-state index in [4.69, 9.17) is 0 Å². The van der Waals surface area contributed by atoms with E-state index in [1.807, 2.05) is 0 Å². The monoisotopic (exact) mass is 337 g/mol. The average Bonchev–Trinajstić information content (AvgIpc) is 2.47. The lowest BCUT2D eigenvalue weighted by Crippen LogP contribution is -2.57. The van der Waals surface area contributed by atoms with Gasteiger partial charge in [-0.3, -0.25) is 9.69 Å². The summed E-state index contributed by atoms with van der Waals surface area (Å²) in [7, 11) is 0. The molecule has 2 N–H and O–H groups in total. The van der Waals surface area contributed by atoms with Crippen LogP contribution in [-0.2, 0) is 0 Å². The van der Waals surface area contributed by atoms with Crippen LogP contribution >= 0.6 is 0 Å². The van der Waals surface area contributed by atoms with E-state index >= 15 is 0 Å². The number of alkyl halides is 3. The van der Waals surface area contributed by atoms with Crippen molar-refractivity contribution in [2.24, 2.45) is 0 Å². The van der Waals surface area contributed by atoms with Crippen molar-refractivity contribution >= 4 is 5.91 Å². The molecule has 1 aliphatic rings. The highest BCUT2D eigenvalue weighted by Crippen LogP contribution is 2.25. The van der Waals surface area contributed by atoms with Crippen molar-refractivity contribution in [2.45, 2.75) is 12.2 Å². The Kier molecular flexibility index (Phi) is 5.53. The zero-order valence-electron chi connectivity index (χ0n) is 12.1. The number of hydrogen-bond acceptors (Lipinski definition) is 3. The molecule has 0 bridgehead atoms. The summed E-state index contributed by atoms with van der Waals surface area (Å²) < 4.78 is 65.7.